The molecule has 0 N–H and O–H groups in total. The Labute approximate surface area is 88.2 Å². The number of nitriles is 1. The molecule has 0 bridgehead atoms. The monoisotopic (exact) mass is 207 g/mol. The quantitative estimate of drug-likeness (QED) is 0.712. The number of Topliss-reactive ketones (excluding diaryl/α,β-unsaturated/α-hetero) is 1. The fourth-order valence-corrected chi connectivity index (χ4v) is 1.94. The molecule has 1 aromatic rings. The van der Waals surface area contributed by atoms with Gasteiger partial charge in [0.25, 0.3) is 0 Å². The summed E-state index contributed by atoms with van der Waals surface area (Å²) in [5.74, 6) is -0.144. The second kappa shape index (κ2) is 4.92. The van der Waals surface area contributed by atoms with Crippen LogP contribution >= 0.6 is 11.3 Å². The Morgan fingerprint density at radius 3 is 2.79 bits per heavy atom. The van der Waals surface area contributed by atoms with Crippen molar-refractivity contribution < 1.29 is 4.79 Å². The summed E-state index contributed by atoms with van der Waals surface area (Å²) in [5.41, 5.74) is 0.669. The maximum Gasteiger partial charge on any atom is 0.180 e. The van der Waals surface area contributed by atoms with Gasteiger partial charge in [0.2, 0.25) is 0 Å². The molecule has 0 aliphatic rings. The van der Waals surface area contributed by atoms with E-state index in [0.717, 1.165) is 0 Å². The van der Waals surface area contributed by atoms with Gasteiger partial charge in [-0.25, -0.2) is 0 Å². The van der Waals surface area contributed by atoms with Crippen molar-refractivity contribution in [3.8, 4) is 6.07 Å². The summed E-state index contributed by atoms with van der Waals surface area (Å²) in [6.45, 7) is 4.04. The molecule has 1 rings (SSSR count). The van der Waals surface area contributed by atoms with E-state index in [2.05, 4.69) is 6.07 Å². The molecule has 3 heteroatoms. The molecule has 0 radical (unpaired) electrons. The highest BCUT2D eigenvalue weighted by Crippen LogP contribution is 2.18. The van der Waals surface area contributed by atoms with Crippen LogP contribution in [0.3, 0.4) is 0 Å². The van der Waals surface area contributed by atoms with E-state index in [1.165, 1.54) is 11.3 Å². The van der Waals surface area contributed by atoms with E-state index in [0.29, 0.717) is 17.9 Å². The SMILES string of the molecule is CC(C)C[C@H](C#N)C(=O)c1ccsc1. The van der Waals surface area contributed by atoms with Crippen LogP contribution in [0.2, 0.25) is 0 Å². The molecule has 1 heterocycles. The summed E-state index contributed by atoms with van der Waals surface area (Å²) in [7, 11) is 0. The first-order valence-electron chi connectivity index (χ1n) is 4.61. The van der Waals surface area contributed by atoms with Crippen LogP contribution in [0.15, 0.2) is 16.8 Å². The van der Waals surface area contributed by atoms with Gasteiger partial charge < -0.3 is 0 Å². The summed E-state index contributed by atoms with van der Waals surface area (Å²) in [4.78, 5) is 11.8. The van der Waals surface area contributed by atoms with Crippen molar-refractivity contribution >= 4 is 17.1 Å². The second-order valence-electron chi connectivity index (χ2n) is 3.69. The zero-order valence-corrected chi connectivity index (χ0v) is 9.17. The van der Waals surface area contributed by atoms with Crippen molar-refractivity contribution in [2.75, 3.05) is 0 Å². The molecule has 0 fully saturated rings. The smallest absolute Gasteiger partial charge is 0.180 e. The largest absolute Gasteiger partial charge is 0.293 e. The van der Waals surface area contributed by atoms with Crippen LogP contribution in [0.5, 0.6) is 0 Å². The van der Waals surface area contributed by atoms with Crippen molar-refractivity contribution in [3.63, 3.8) is 0 Å². The Hall–Kier alpha value is -1.14. The molecule has 0 spiro atoms. The van der Waals surface area contributed by atoms with Crippen molar-refractivity contribution in [1.29, 1.82) is 5.26 Å². The van der Waals surface area contributed by atoms with Gasteiger partial charge in [-0.2, -0.15) is 16.6 Å². The normalized spacial score (nSPS) is 12.4. The summed E-state index contributed by atoms with van der Waals surface area (Å²) >= 11 is 1.48. The molecular weight excluding hydrogens is 194 g/mol. The Bertz CT molecular complexity index is 335. The number of thiophene rings is 1. The third kappa shape index (κ3) is 2.68. The summed E-state index contributed by atoms with van der Waals surface area (Å²) in [6.07, 6.45) is 0.644. The van der Waals surface area contributed by atoms with Crippen LogP contribution in [-0.4, -0.2) is 5.78 Å². The van der Waals surface area contributed by atoms with Gasteiger partial charge in [0.05, 0.1) is 6.07 Å². The van der Waals surface area contributed by atoms with E-state index < -0.39 is 5.92 Å². The molecular formula is C11H13NOS. The lowest BCUT2D eigenvalue weighted by atomic mass is 9.92. The van der Waals surface area contributed by atoms with Gasteiger partial charge >= 0.3 is 0 Å². The lowest BCUT2D eigenvalue weighted by Crippen LogP contribution is -2.14. The standard InChI is InChI=1S/C11H13NOS/c1-8(2)5-10(6-12)11(13)9-3-4-14-7-9/h3-4,7-8,10H,5H2,1-2H3/t10-/m1/s1. The third-order valence-corrected chi connectivity index (χ3v) is 2.67. The number of hydrogen-bond acceptors (Lipinski definition) is 3. The number of carbonyl (C=O) groups excluding carboxylic acids is 1. The average molecular weight is 207 g/mol. The highest BCUT2D eigenvalue weighted by molar-refractivity contribution is 7.08. The highest BCUT2D eigenvalue weighted by Gasteiger charge is 2.20. The highest BCUT2D eigenvalue weighted by atomic mass is 32.1. The fraction of sp³-hybridized carbons (Fsp3) is 0.455. The molecule has 0 aliphatic carbocycles. The van der Waals surface area contributed by atoms with E-state index in [9.17, 15) is 4.79 Å². The van der Waals surface area contributed by atoms with Gasteiger partial charge in [-0.05, 0) is 23.8 Å². The van der Waals surface area contributed by atoms with Gasteiger partial charge in [0.1, 0.15) is 5.92 Å². The van der Waals surface area contributed by atoms with Crippen molar-refractivity contribution in [2.45, 2.75) is 20.3 Å². The van der Waals surface area contributed by atoms with Crippen LogP contribution in [0, 0.1) is 23.2 Å². The minimum Gasteiger partial charge on any atom is -0.293 e. The predicted molar refractivity (Wildman–Crippen MR) is 57.2 cm³/mol. The molecule has 0 saturated heterocycles. The summed E-state index contributed by atoms with van der Waals surface area (Å²) < 4.78 is 0. The first-order valence-corrected chi connectivity index (χ1v) is 5.55. The molecule has 0 aromatic carbocycles. The van der Waals surface area contributed by atoms with Crippen LogP contribution in [0.4, 0.5) is 0 Å². The first-order chi connectivity index (χ1) is 6.65. The molecule has 0 aliphatic heterocycles. The lowest BCUT2D eigenvalue weighted by Gasteiger charge is -2.08. The minimum atomic E-state index is -0.482. The fourth-order valence-electron chi connectivity index (χ4n) is 1.30. The Balaban J connectivity index is 2.72. The number of nitrogens with zero attached hydrogens (tertiary/aromatic N) is 1. The van der Waals surface area contributed by atoms with E-state index in [1.807, 2.05) is 19.2 Å². The molecule has 0 unspecified atom stereocenters. The van der Waals surface area contributed by atoms with Crippen LogP contribution in [0.1, 0.15) is 30.6 Å². The molecule has 1 aromatic heterocycles. The Morgan fingerprint density at radius 2 is 2.36 bits per heavy atom. The molecule has 0 amide bonds. The molecule has 14 heavy (non-hydrogen) atoms. The number of ketones is 1. The topological polar surface area (TPSA) is 40.9 Å². The molecule has 2 nitrogen and oxygen atoms in total. The average Bonchev–Trinajstić information content (AvgIpc) is 2.65. The van der Waals surface area contributed by atoms with Gasteiger partial charge in [-0.1, -0.05) is 13.8 Å². The predicted octanol–water partition coefficient (Wildman–Crippen LogP) is 3.12. The van der Waals surface area contributed by atoms with Crippen molar-refractivity contribution in [3.05, 3.63) is 22.4 Å². The zero-order chi connectivity index (χ0) is 10.6. The summed E-state index contributed by atoms with van der Waals surface area (Å²) in [6, 6.07) is 3.85. The third-order valence-electron chi connectivity index (χ3n) is 1.99. The number of hydrogen-bond donors (Lipinski definition) is 0. The Kier molecular flexibility index (Phi) is 3.84. The van der Waals surface area contributed by atoms with Gasteiger partial charge in [0.15, 0.2) is 5.78 Å². The molecule has 74 valence electrons. The molecule has 0 saturated carbocycles. The van der Waals surface area contributed by atoms with Crippen LogP contribution in [-0.2, 0) is 0 Å². The van der Waals surface area contributed by atoms with Crippen LogP contribution in [0.25, 0.3) is 0 Å². The maximum absolute atomic E-state index is 11.8. The van der Waals surface area contributed by atoms with Crippen LogP contribution < -0.4 is 0 Å². The Morgan fingerprint density at radius 1 is 1.64 bits per heavy atom. The van der Waals surface area contributed by atoms with E-state index >= 15 is 0 Å². The second-order valence-corrected chi connectivity index (χ2v) is 4.47. The van der Waals surface area contributed by atoms with E-state index in [-0.39, 0.29) is 5.78 Å². The van der Waals surface area contributed by atoms with Crippen molar-refractivity contribution in [1.82, 2.24) is 0 Å². The number of carbonyl (C=O) groups is 1. The number of rotatable bonds is 4. The van der Waals surface area contributed by atoms with Gasteiger partial charge in [-0.3, -0.25) is 4.79 Å². The van der Waals surface area contributed by atoms with Gasteiger partial charge in [0, 0.05) is 10.9 Å². The molecule has 1 atom stereocenters. The first kappa shape index (κ1) is 10.9. The van der Waals surface area contributed by atoms with Gasteiger partial charge in [-0.15, -0.1) is 0 Å². The lowest BCUT2D eigenvalue weighted by molar-refractivity contribution is 0.0937. The summed E-state index contributed by atoms with van der Waals surface area (Å²) in [5, 5.41) is 12.5. The van der Waals surface area contributed by atoms with Crippen molar-refractivity contribution in [2.24, 2.45) is 11.8 Å². The minimum absolute atomic E-state index is 0.0394. The van der Waals surface area contributed by atoms with E-state index in [1.54, 1.807) is 11.4 Å². The zero-order valence-electron chi connectivity index (χ0n) is 8.36. The van der Waals surface area contributed by atoms with E-state index in [4.69, 9.17) is 5.26 Å². The maximum atomic E-state index is 11.8.